The summed E-state index contributed by atoms with van der Waals surface area (Å²) in [5, 5.41) is 4.83. The molecule has 0 heterocycles. The van der Waals surface area contributed by atoms with Gasteiger partial charge in [-0.05, 0) is 48.7 Å². The van der Waals surface area contributed by atoms with Gasteiger partial charge in [-0.3, -0.25) is 4.79 Å². The molecule has 5 nitrogen and oxygen atoms in total. The molecule has 0 fully saturated rings. The molecule has 0 aliphatic carbocycles. The molecule has 0 spiro atoms. The van der Waals surface area contributed by atoms with E-state index in [2.05, 4.69) is 5.32 Å². The number of amides is 1. The maximum absolute atomic E-state index is 13.4. The molecule has 0 saturated heterocycles. The van der Waals surface area contributed by atoms with E-state index in [9.17, 15) is 13.2 Å². The second-order valence-corrected chi connectivity index (χ2v) is 9.72. The smallest absolute Gasteiger partial charge is 0.243 e. The van der Waals surface area contributed by atoms with Gasteiger partial charge in [-0.25, -0.2) is 8.42 Å². The van der Waals surface area contributed by atoms with Gasteiger partial charge < -0.3 is 5.32 Å². The number of carbonyl (C=O) groups is 1. The lowest BCUT2D eigenvalue weighted by molar-refractivity contribution is -0.121. The van der Waals surface area contributed by atoms with Gasteiger partial charge in [0.2, 0.25) is 15.9 Å². The minimum Gasteiger partial charge on any atom is -0.350 e. The van der Waals surface area contributed by atoms with E-state index in [1.807, 2.05) is 81.4 Å². The number of carbonyl (C=O) groups excluding carboxylic acids is 1. The van der Waals surface area contributed by atoms with E-state index in [0.717, 1.165) is 16.3 Å². The highest BCUT2D eigenvalue weighted by atomic mass is 32.2. The summed E-state index contributed by atoms with van der Waals surface area (Å²) in [6, 6.07) is 22.2. The molecule has 0 aliphatic rings. The van der Waals surface area contributed by atoms with Crippen molar-refractivity contribution in [3.8, 4) is 0 Å². The lowest BCUT2D eigenvalue weighted by Gasteiger charge is -2.28. The Balaban J connectivity index is 1.75. The maximum Gasteiger partial charge on any atom is 0.243 e. The fourth-order valence-corrected chi connectivity index (χ4v) is 5.34. The van der Waals surface area contributed by atoms with Crippen molar-refractivity contribution < 1.29 is 13.2 Å². The van der Waals surface area contributed by atoms with E-state index in [-0.39, 0.29) is 35.9 Å². The average Bonchev–Trinajstić information content (AvgIpc) is 2.79. The average molecular weight is 439 g/mol. The third kappa shape index (κ3) is 5.51. The number of hydrogen-bond acceptors (Lipinski definition) is 3. The molecule has 3 aromatic rings. The largest absolute Gasteiger partial charge is 0.350 e. The molecule has 0 aliphatic heterocycles. The molecule has 31 heavy (non-hydrogen) atoms. The first kappa shape index (κ1) is 23.0. The van der Waals surface area contributed by atoms with Gasteiger partial charge in [0.15, 0.2) is 0 Å². The Morgan fingerprint density at radius 2 is 1.58 bits per heavy atom. The monoisotopic (exact) mass is 438 g/mol. The summed E-state index contributed by atoms with van der Waals surface area (Å²) in [6.45, 7) is 5.89. The molecule has 164 valence electrons. The zero-order chi connectivity index (χ0) is 22.4. The molecule has 2 atom stereocenters. The quantitative estimate of drug-likeness (QED) is 0.517. The van der Waals surface area contributed by atoms with Crippen molar-refractivity contribution in [3.63, 3.8) is 0 Å². The van der Waals surface area contributed by atoms with Crippen LogP contribution in [-0.2, 0) is 14.8 Å². The standard InChI is InChI=1S/C25H30N2O3S/c1-4-19(2)27(17-16-25(28)26-20(3)21-10-6-5-7-11-21)31(29,30)24-15-14-22-12-8-9-13-23(22)18-24/h5-15,18-20H,4,16-17H2,1-3H3,(H,26,28). The summed E-state index contributed by atoms with van der Waals surface area (Å²) < 4.78 is 28.3. The van der Waals surface area contributed by atoms with Crippen LogP contribution in [0, 0.1) is 0 Å². The summed E-state index contributed by atoms with van der Waals surface area (Å²) in [7, 11) is -3.73. The Kier molecular flexibility index (Phi) is 7.46. The van der Waals surface area contributed by atoms with Crippen molar-refractivity contribution in [2.45, 2.75) is 50.6 Å². The van der Waals surface area contributed by atoms with Crippen molar-refractivity contribution >= 4 is 26.7 Å². The number of nitrogens with one attached hydrogen (secondary N) is 1. The van der Waals surface area contributed by atoms with Gasteiger partial charge >= 0.3 is 0 Å². The second kappa shape index (κ2) is 10.1. The molecule has 0 bridgehead atoms. The fourth-order valence-electron chi connectivity index (χ4n) is 3.59. The number of fused-ring (bicyclic) bond motifs is 1. The SMILES string of the molecule is CCC(C)N(CCC(=O)NC(C)c1ccccc1)S(=O)(=O)c1ccc2ccccc2c1. The Hall–Kier alpha value is -2.70. The van der Waals surface area contributed by atoms with Crippen LogP contribution in [0.25, 0.3) is 10.8 Å². The summed E-state index contributed by atoms with van der Waals surface area (Å²) in [6.07, 6.45) is 0.767. The van der Waals surface area contributed by atoms with Crippen LogP contribution in [0.2, 0.25) is 0 Å². The van der Waals surface area contributed by atoms with Crippen LogP contribution in [-0.4, -0.2) is 31.2 Å². The van der Waals surface area contributed by atoms with Crippen LogP contribution >= 0.6 is 0 Å². The van der Waals surface area contributed by atoms with Gasteiger partial charge in [-0.2, -0.15) is 4.31 Å². The van der Waals surface area contributed by atoms with Crippen molar-refractivity contribution in [2.24, 2.45) is 0 Å². The summed E-state index contributed by atoms with van der Waals surface area (Å²) in [5.74, 6) is -0.168. The molecular formula is C25H30N2O3S. The lowest BCUT2D eigenvalue weighted by atomic mass is 10.1. The van der Waals surface area contributed by atoms with Crippen LogP contribution in [0.15, 0.2) is 77.7 Å². The van der Waals surface area contributed by atoms with Crippen LogP contribution in [0.1, 0.15) is 45.2 Å². The molecule has 2 unspecified atom stereocenters. The van der Waals surface area contributed by atoms with E-state index in [1.54, 1.807) is 12.1 Å². The van der Waals surface area contributed by atoms with Crippen LogP contribution in [0.5, 0.6) is 0 Å². The van der Waals surface area contributed by atoms with Crippen molar-refractivity contribution in [2.75, 3.05) is 6.54 Å². The minimum absolute atomic E-state index is 0.105. The van der Waals surface area contributed by atoms with Gasteiger partial charge in [-0.15, -0.1) is 0 Å². The van der Waals surface area contributed by atoms with Crippen LogP contribution < -0.4 is 5.32 Å². The lowest BCUT2D eigenvalue weighted by Crippen LogP contribution is -2.41. The summed E-state index contributed by atoms with van der Waals surface area (Å²) in [4.78, 5) is 12.8. The van der Waals surface area contributed by atoms with Crippen LogP contribution in [0.3, 0.4) is 0 Å². The number of nitrogens with zero attached hydrogens (tertiary/aromatic N) is 1. The topological polar surface area (TPSA) is 66.5 Å². The van der Waals surface area contributed by atoms with E-state index in [0.29, 0.717) is 6.42 Å². The number of sulfonamides is 1. The molecule has 1 amide bonds. The second-order valence-electron chi connectivity index (χ2n) is 7.83. The zero-order valence-corrected chi connectivity index (χ0v) is 19.1. The molecule has 1 N–H and O–H groups in total. The molecule has 0 saturated carbocycles. The fraction of sp³-hybridized carbons (Fsp3) is 0.320. The van der Waals surface area contributed by atoms with E-state index in [1.165, 1.54) is 4.31 Å². The van der Waals surface area contributed by atoms with Crippen molar-refractivity contribution in [1.29, 1.82) is 0 Å². The summed E-state index contributed by atoms with van der Waals surface area (Å²) >= 11 is 0. The third-order valence-corrected chi connectivity index (χ3v) is 7.66. The Morgan fingerprint density at radius 3 is 2.26 bits per heavy atom. The Labute approximate surface area is 185 Å². The Morgan fingerprint density at radius 1 is 0.935 bits per heavy atom. The minimum atomic E-state index is -3.73. The van der Waals surface area contributed by atoms with E-state index >= 15 is 0 Å². The van der Waals surface area contributed by atoms with Gasteiger partial charge in [-0.1, -0.05) is 67.6 Å². The predicted octanol–water partition coefficient (Wildman–Crippen LogP) is 4.90. The zero-order valence-electron chi connectivity index (χ0n) is 18.3. The van der Waals surface area contributed by atoms with Crippen molar-refractivity contribution in [3.05, 3.63) is 78.4 Å². The van der Waals surface area contributed by atoms with E-state index < -0.39 is 10.0 Å². The molecule has 3 rings (SSSR count). The first-order valence-electron chi connectivity index (χ1n) is 10.7. The highest BCUT2D eigenvalue weighted by Gasteiger charge is 2.29. The van der Waals surface area contributed by atoms with Crippen LogP contribution in [0.4, 0.5) is 0 Å². The first-order chi connectivity index (χ1) is 14.8. The molecule has 0 radical (unpaired) electrons. The maximum atomic E-state index is 13.4. The van der Waals surface area contributed by atoms with Crippen molar-refractivity contribution in [1.82, 2.24) is 9.62 Å². The Bertz CT molecular complexity index is 1130. The van der Waals surface area contributed by atoms with Gasteiger partial charge in [0.1, 0.15) is 0 Å². The van der Waals surface area contributed by atoms with Gasteiger partial charge in [0.05, 0.1) is 10.9 Å². The normalized spacial score (nSPS) is 13.8. The summed E-state index contributed by atoms with van der Waals surface area (Å²) in [5.41, 5.74) is 1.01. The first-order valence-corrected chi connectivity index (χ1v) is 12.1. The molecular weight excluding hydrogens is 408 g/mol. The number of hydrogen-bond donors (Lipinski definition) is 1. The van der Waals surface area contributed by atoms with E-state index in [4.69, 9.17) is 0 Å². The number of benzene rings is 3. The third-order valence-electron chi connectivity index (χ3n) is 5.65. The number of rotatable bonds is 9. The highest BCUT2D eigenvalue weighted by molar-refractivity contribution is 7.89. The molecule has 6 heteroatoms. The van der Waals surface area contributed by atoms with Gasteiger partial charge in [0.25, 0.3) is 0 Å². The highest BCUT2D eigenvalue weighted by Crippen LogP contribution is 2.24. The van der Waals surface area contributed by atoms with Gasteiger partial charge in [0, 0.05) is 19.0 Å². The molecule has 3 aromatic carbocycles. The predicted molar refractivity (Wildman–Crippen MR) is 125 cm³/mol. The molecule has 0 aromatic heterocycles.